The molecule has 0 saturated carbocycles. The van der Waals surface area contributed by atoms with E-state index < -0.39 is 6.04 Å². The van der Waals surface area contributed by atoms with Gasteiger partial charge < -0.3 is 19.4 Å². The lowest BCUT2D eigenvalue weighted by Gasteiger charge is -2.33. The van der Waals surface area contributed by atoms with E-state index in [9.17, 15) is 4.79 Å². The number of anilines is 1. The van der Waals surface area contributed by atoms with Crippen LogP contribution < -0.4 is 15.0 Å². The molecule has 0 aliphatic rings. The maximum Gasteiger partial charge on any atom is 0.243 e. The summed E-state index contributed by atoms with van der Waals surface area (Å²) in [6.07, 6.45) is 2.33. The Balaban J connectivity index is 1.97. The number of aryl methyl sites for hydroxylation is 1. The first kappa shape index (κ1) is 27.0. The Morgan fingerprint density at radius 2 is 1.86 bits per heavy atom. The molecular weight excluding hydrogens is 555 g/mol. The number of rotatable bonds is 11. The van der Waals surface area contributed by atoms with Crippen molar-refractivity contribution in [2.75, 3.05) is 12.0 Å². The van der Waals surface area contributed by atoms with Gasteiger partial charge >= 0.3 is 0 Å². The third-order valence-electron chi connectivity index (χ3n) is 5.71. The van der Waals surface area contributed by atoms with Crippen LogP contribution in [0.5, 0.6) is 5.75 Å². The standard InChI is InChI=1S/C27H35IN4O3/c1-17(2)14-23(27(33)29-15-20-9-11-21(34-6)12-10-20)32(16-22-8-7-13-35-22)26-24(28)19(5)30-25(31-26)18(3)4/h7-13,17-18,23H,14-16H2,1-6H3,(H,29,33). The monoisotopic (exact) mass is 590 g/mol. The summed E-state index contributed by atoms with van der Waals surface area (Å²) in [5.74, 6) is 3.53. The zero-order valence-corrected chi connectivity index (χ0v) is 23.5. The maximum atomic E-state index is 13.7. The molecule has 1 aromatic carbocycles. The quantitative estimate of drug-likeness (QED) is 0.282. The van der Waals surface area contributed by atoms with E-state index in [1.807, 2.05) is 43.3 Å². The van der Waals surface area contributed by atoms with Gasteiger partial charge in [-0.25, -0.2) is 9.97 Å². The average molecular weight is 591 g/mol. The summed E-state index contributed by atoms with van der Waals surface area (Å²) in [4.78, 5) is 25.4. The van der Waals surface area contributed by atoms with Crippen LogP contribution in [-0.4, -0.2) is 29.0 Å². The van der Waals surface area contributed by atoms with E-state index in [-0.39, 0.29) is 11.8 Å². The van der Waals surface area contributed by atoms with E-state index in [0.717, 1.165) is 38.0 Å². The van der Waals surface area contributed by atoms with E-state index in [0.29, 0.717) is 25.4 Å². The van der Waals surface area contributed by atoms with Crippen LogP contribution in [0.25, 0.3) is 0 Å². The number of ether oxygens (including phenoxy) is 1. The Labute approximate surface area is 221 Å². The van der Waals surface area contributed by atoms with Crippen LogP contribution in [0.3, 0.4) is 0 Å². The molecule has 1 unspecified atom stereocenters. The second-order valence-electron chi connectivity index (χ2n) is 9.38. The van der Waals surface area contributed by atoms with E-state index in [1.165, 1.54) is 0 Å². The molecule has 1 amide bonds. The summed E-state index contributed by atoms with van der Waals surface area (Å²) in [7, 11) is 1.64. The second-order valence-corrected chi connectivity index (χ2v) is 10.5. The van der Waals surface area contributed by atoms with Crippen molar-refractivity contribution in [3.63, 3.8) is 0 Å². The van der Waals surface area contributed by atoms with Crippen LogP contribution in [0.1, 0.15) is 62.9 Å². The van der Waals surface area contributed by atoms with Crippen molar-refractivity contribution in [2.24, 2.45) is 5.92 Å². The number of benzene rings is 1. The van der Waals surface area contributed by atoms with E-state index in [1.54, 1.807) is 13.4 Å². The van der Waals surface area contributed by atoms with Crippen molar-refractivity contribution in [3.05, 3.63) is 69.1 Å². The van der Waals surface area contributed by atoms with Crippen LogP contribution in [-0.2, 0) is 17.9 Å². The molecule has 0 radical (unpaired) electrons. The van der Waals surface area contributed by atoms with Gasteiger partial charge in [-0.1, -0.05) is 39.8 Å². The third-order valence-corrected chi connectivity index (χ3v) is 6.97. The van der Waals surface area contributed by atoms with E-state index in [2.05, 4.69) is 65.5 Å². The van der Waals surface area contributed by atoms with Crippen molar-refractivity contribution >= 4 is 34.3 Å². The molecule has 188 valence electrons. The van der Waals surface area contributed by atoms with Crippen LogP contribution in [0, 0.1) is 16.4 Å². The molecule has 1 N–H and O–H groups in total. The minimum absolute atomic E-state index is 0.0424. The lowest BCUT2D eigenvalue weighted by atomic mass is 10.0. The van der Waals surface area contributed by atoms with Crippen LogP contribution >= 0.6 is 22.6 Å². The number of furan rings is 1. The molecule has 2 heterocycles. The van der Waals surface area contributed by atoms with Crippen LogP contribution in [0.2, 0.25) is 0 Å². The van der Waals surface area contributed by atoms with Gasteiger partial charge in [-0.2, -0.15) is 0 Å². The number of carbonyl (C=O) groups is 1. The first-order valence-electron chi connectivity index (χ1n) is 11.9. The number of nitrogens with zero attached hydrogens (tertiary/aromatic N) is 3. The third kappa shape index (κ3) is 7.19. The van der Waals surface area contributed by atoms with Gasteiger partial charge in [0.1, 0.15) is 29.2 Å². The largest absolute Gasteiger partial charge is 0.497 e. The number of halogens is 1. The highest BCUT2D eigenvalue weighted by atomic mass is 127. The molecule has 0 bridgehead atoms. The van der Waals surface area contributed by atoms with Crippen LogP contribution in [0.4, 0.5) is 5.82 Å². The predicted octanol–water partition coefficient (Wildman–Crippen LogP) is 5.85. The summed E-state index contributed by atoms with van der Waals surface area (Å²) in [5, 5.41) is 3.15. The van der Waals surface area contributed by atoms with Gasteiger partial charge in [0.15, 0.2) is 0 Å². The minimum atomic E-state index is -0.429. The number of hydrogen-bond donors (Lipinski definition) is 1. The van der Waals surface area contributed by atoms with Gasteiger partial charge in [0, 0.05) is 12.5 Å². The molecule has 0 saturated heterocycles. The molecular formula is C27H35IN4O3. The molecule has 2 aromatic heterocycles. The van der Waals surface area contributed by atoms with Gasteiger partial charge in [-0.3, -0.25) is 4.79 Å². The molecule has 0 aliphatic heterocycles. The zero-order valence-electron chi connectivity index (χ0n) is 21.3. The first-order chi connectivity index (χ1) is 16.7. The van der Waals surface area contributed by atoms with E-state index >= 15 is 0 Å². The Kier molecular flexibility index (Phi) is 9.54. The van der Waals surface area contributed by atoms with Crippen molar-refractivity contribution in [1.82, 2.24) is 15.3 Å². The topological polar surface area (TPSA) is 80.5 Å². The second kappa shape index (κ2) is 12.4. The number of hydrogen-bond acceptors (Lipinski definition) is 6. The fourth-order valence-electron chi connectivity index (χ4n) is 3.79. The Morgan fingerprint density at radius 1 is 1.14 bits per heavy atom. The van der Waals surface area contributed by atoms with Gasteiger partial charge in [0.25, 0.3) is 0 Å². The smallest absolute Gasteiger partial charge is 0.243 e. The van der Waals surface area contributed by atoms with Gasteiger partial charge in [0.05, 0.1) is 29.2 Å². The number of aromatic nitrogens is 2. The molecule has 8 heteroatoms. The normalized spacial score (nSPS) is 12.1. The van der Waals surface area contributed by atoms with Gasteiger partial charge in [0.2, 0.25) is 5.91 Å². The van der Waals surface area contributed by atoms with E-state index in [4.69, 9.17) is 14.1 Å². The molecule has 0 spiro atoms. The Hall–Kier alpha value is -2.62. The van der Waals surface area contributed by atoms with Crippen molar-refractivity contribution in [2.45, 2.75) is 66.1 Å². The summed E-state index contributed by atoms with van der Waals surface area (Å²) < 4.78 is 11.9. The van der Waals surface area contributed by atoms with Crippen molar-refractivity contribution < 1.29 is 13.9 Å². The molecule has 7 nitrogen and oxygen atoms in total. The lowest BCUT2D eigenvalue weighted by Crippen LogP contribution is -2.48. The fourth-order valence-corrected chi connectivity index (χ4v) is 4.34. The highest BCUT2D eigenvalue weighted by molar-refractivity contribution is 14.1. The fraction of sp³-hybridized carbons (Fsp3) is 0.444. The average Bonchev–Trinajstić information content (AvgIpc) is 3.35. The van der Waals surface area contributed by atoms with Crippen molar-refractivity contribution in [3.8, 4) is 5.75 Å². The molecule has 0 fully saturated rings. The first-order valence-corrected chi connectivity index (χ1v) is 13.0. The number of nitrogens with one attached hydrogen (secondary N) is 1. The molecule has 0 aliphatic carbocycles. The SMILES string of the molecule is COc1ccc(CNC(=O)C(CC(C)C)N(Cc2ccco2)c2nc(C(C)C)nc(C)c2I)cc1. The van der Waals surface area contributed by atoms with Gasteiger partial charge in [-0.15, -0.1) is 0 Å². The lowest BCUT2D eigenvalue weighted by molar-refractivity contribution is -0.123. The molecule has 35 heavy (non-hydrogen) atoms. The highest BCUT2D eigenvalue weighted by Crippen LogP contribution is 2.30. The molecule has 3 rings (SSSR count). The number of amides is 1. The summed E-state index contributed by atoms with van der Waals surface area (Å²) in [6.45, 7) is 11.3. The van der Waals surface area contributed by atoms with Crippen LogP contribution in [0.15, 0.2) is 47.1 Å². The van der Waals surface area contributed by atoms with Gasteiger partial charge in [-0.05, 0) is 71.7 Å². The summed E-state index contributed by atoms with van der Waals surface area (Å²) >= 11 is 2.29. The highest BCUT2D eigenvalue weighted by Gasteiger charge is 2.31. The number of carbonyl (C=O) groups excluding carboxylic acids is 1. The Bertz CT molecular complexity index is 1100. The number of methoxy groups -OCH3 is 1. The minimum Gasteiger partial charge on any atom is -0.497 e. The summed E-state index contributed by atoms with van der Waals surface area (Å²) in [6, 6.07) is 11.1. The van der Waals surface area contributed by atoms with Crippen molar-refractivity contribution in [1.29, 1.82) is 0 Å². The zero-order chi connectivity index (χ0) is 25.5. The molecule has 3 aromatic rings. The maximum absolute atomic E-state index is 13.7. The molecule has 1 atom stereocenters. The Morgan fingerprint density at radius 3 is 2.43 bits per heavy atom. The summed E-state index contributed by atoms with van der Waals surface area (Å²) in [5.41, 5.74) is 1.92. The predicted molar refractivity (Wildman–Crippen MR) is 147 cm³/mol.